The second kappa shape index (κ2) is 5.02. The maximum atomic E-state index is 6.26. The highest BCUT2D eigenvalue weighted by molar-refractivity contribution is 6.36. The van der Waals surface area contributed by atoms with E-state index in [-0.39, 0.29) is 0 Å². The van der Waals surface area contributed by atoms with Gasteiger partial charge in [0.1, 0.15) is 0 Å². The molecule has 0 saturated heterocycles. The zero-order valence-corrected chi connectivity index (χ0v) is 12.6. The van der Waals surface area contributed by atoms with Crippen molar-refractivity contribution in [3.05, 3.63) is 45.5 Å². The molecule has 1 aliphatic carbocycles. The van der Waals surface area contributed by atoms with Crippen LogP contribution in [0.2, 0.25) is 10.0 Å². The monoisotopic (exact) mass is 311 g/mol. The summed E-state index contributed by atoms with van der Waals surface area (Å²) in [5.41, 5.74) is 6.51. The lowest BCUT2D eigenvalue weighted by Crippen LogP contribution is -2.35. The van der Waals surface area contributed by atoms with Gasteiger partial charge in [-0.3, -0.25) is 0 Å². The number of hydrogen-bond acceptors (Lipinski definition) is 4. The summed E-state index contributed by atoms with van der Waals surface area (Å²) in [6.45, 7) is 1.93. The zero-order valence-electron chi connectivity index (χ0n) is 11.1. The second-order valence-electron chi connectivity index (χ2n) is 5.45. The predicted octanol–water partition coefficient (Wildman–Crippen LogP) is 3.55. The van der Waals surface area contributed by atoms with Gasteiger partial charge in [0.05, 0.1) is 5.54 Å². The number of aromatic nitrogens is 2. The molecule has 1 saturated carbocycles. The normalized spacial score (nSPS) is 18.0. The van der Waals surface area contributed by atoms with Crippen LogP contribution in [0.3, 0.4) is 0 Å². The van der Waals surface area contributed by atoms with Crippen LogP contribution in [0.5, 0.6) is 0 Å². The smallest absolute Gasteiger partial charge is 0.246 e. The van der Waals surface area contributed by atoms with Gasteiger partial charge in [-0.15, -0.1) is 0 Å². The van der Waals surface area contributed by atoms with Crippen molar-refractivity contribution in [2.24, 2.45) is 11.7 Å². The van der Waals surface area contributed by atoms with E-state index in [1.165, 1.54) is 0 Å². The fourth-order valence-corrected chi connectivity index (χ4v) is 2.79. The number of nitrogens with two attached hydrogens (primary N) is 1. The first kappa shape index (κ1) is 13.9. The minimum atomic E-state index is -0.546. The van der Waals surface area contributed by atoms with Gasteiger partial charge in [0, 0.05) is 16.5 Å². The Bertz CT molecular complexity index is 615. The number of hydrogen-bond donors (Lipinski definition) is 1. The van der Waals surface area contributed by atoms with Crippen molar-refractivity contribution in [3.8, 4) is 0 Å². The topological polar surface area (TPSA) is 64.9 Å². The summed E-state index contributed by atoms with van der Waals surface area (Å²) < 4.78 is 5.31. The molecule has 1 atom stereocenters. The minimum Gasteiger partial charge on any atom is -0.337 e. The summed E-state index contributed by atoms with van der Waals surface area (Å²) in [5, 5.41) is 5.18. The Kier molecular flexibility index (Phi) is 3.48. The van der Waals surface area contributed by atoms with E-state index in [1.54, 1.807) is 18.2 Å². The van der Waals surface area contributed by atoms with Crippen LogP contribution in [0.15, 0.2) is 22.7 Å². The molecule has 0 spiro atoms. The molecule has 0 bridgehead atoms. The van der Waals surface area contributed by atoms with Crippen LogP contribution in [0.25, 0.3) is 0 Å². The van der Waals surface area contributed by atoms with E-state index >= 15 is 0 Å². The predicted molar refractivity (Wildman–Crippen MR) is 77.8 cm³/mol. The Balaban J connectivity index is 1.84. The SMILES string of the molecule is CC(N)(c1nc(Cc2c(Cl)cccc2Cl)no1)C1CC1. The van der Waals surface area contributed by atoms with Crippen molar-refractivity contribution in [1.29, 1.82) is 0 Å². The molecule has 6 heteroatoms. The standard InChI is InChI=1S/C14H15Cl2N3O/c1-14(17,8-5-6-8)13-18-12(19-20-13)7-9-10(15)3-2-4-11(9)16/h2-4,8H,5-7,17H2,1H3. The van der Waals surface area contributed by atoms with Gasteiger partial charge in [0.15, 0.2) is 5.82 Å². The maximum absolute atomic E-state index is 6.26. The first-order valence-corrected chi connectivity index (χ1v) is 7.29. The lowest BCUT2D eigenvalue weighted by molar-refractivity contribution is 0.272. The Morgan fingerprint density at radius 1 is 1.35 bits per heavy atom. The van der Waals surface area contributed by atoms with E-state index in [2.05, 4.69) is 10.1 Å². The van der Waals surface area contributed by atoms with Gasteiger partial charge in [-0.05, 0) is 43.4 Å². The minimum absolute atomic E-state index is 0.430. The van der Waals surface area contributed by atoms with Gasteiger partial charge in [0.2, 0.25) is 5.89 Å². The van der Waals surface area contributed by atoms with Crippen LogP contribution in [-0.4, -0.2) is 10.1 Å². The molecule has 1 unspecified atom stereocenters. The summed E-state index contributed by atoms with van der Waals surface area (Å²) in [7, 11) is 0. The van der Waals surface area contributed by atoms with Gasteiger partial charge in [0.25, 0.3) is 0 Å². The fraction of sp³-hybridized carbons (Fsp3) is 0.429. The Hall–Kier alpha value is -1.10. The molecule has 0 radical (unpaired) electrons. The van der Waals surface area contributed by atoms with Crippen molar-refractivity contribution >= 4 is 23.2 Å². The molecule has 1 heterocycles. The molecule has 3 rings (SSSR count). The lowest BCUT2D eigenvalue weighted by atomic mass is 9.97. The van der Waals surface area contributed by atoms with Gasteiger partial charge >= 0.3 is 0 Å². The van der Waals surface area contributed by atoms with Crippen LogP contribution in [0.1, 0.15) is 37.0 Å². The molecular weight excluding hydrogens is 297 g/mol. The average Bonchev–Trinajstić information content (AvgIpc) is 3.15. The summed E-state index contributed by atoms with van der Waals surface area (Å²) in [6, 6.07) is 5.39. The van der Waals surface area contributed by atoms with Crippen LogP contribution in [0, 0.1) is 5.92 Å². The maximum Gasteiger partial charge on any atom is 0.246 e. The molecule has 2 aromatic rings. The number of nitrogens with zero attached hydrogens (tertiary/aromatic N) is 2. The first-order valence-electron chi connectivity index (χ1n) is 6.53. The molecule has 4 nitrogen and oxygen atoms in total. The van der Waals surface area contributed by atoms with E-state index in [0.717, 1.165) is 18.4 Å². The van der Waals surface area contributed by atoms with Crippen LogP contribution >= 0.6 is 23.2 Å². The Labute approximate surface area is 127 Å². The van der Waals surface area contributed by atoms with E-state index in [1.807, 2.05) is 6.92 Å². The van der Waals surface area contributed by atoms with Crippen LogP contribution in [-0.2, 0) is 12.0 Å². The number of benzene rings is 1. The van der Waals surface area contributed by atoms with E-state index < -0.39 is 5.54 Å². The second-order valence-corrected chi connectivity index (χ2v) is 6.26. The summed E-state index contributed by atoms with van der Waals surface area (Å²) in [4.78, 5) is 4.40. The third-order valence-corrected chi connectivity index (χ3v) is 4.46. The first-order chi connectivity index (χ1) is 9.48. The molecule has 0 aliphatic heterocycles. The van der Waals surface area contributed by atoms with E-state index in [4.69, 9.17) is 33.5 Å². The van der Waals surface area contributed by atoms with Gasteiger partial charge in [-0.1, -0.05) is 34.4 Å². The lowest BCUT2D eigenvalue weighted by Gasteiger charge is -2.18. The molecule has 2 N–H and O–H groups in total. The Morgan fingerprint density at radius 2 is 2.00 bits per heavy atom. The quantitative estimate of drug-likeness (QED) is 0.937. The number of rotatable bonds is 4. The third kappa shape index (κ3) is 2.55. The van der Waals surface area contributed by atoms with Crippen molar-refractivity contribution in [2.45, 2.75) is 31.7 Å². The molecule has 1 aliphatic rings. The average molecular weight is 312 g/mol. The fourth-order valence-electron chi connectivity index (χ4n) is 2.26. The van der Waals surface area contributed by atoms with Crippen LogP contribution < -0.4 is 5.73 Å². The molecule has 0 amide bonds. The van der Waals surface area contributed by atoms with Crippen molar-refractivity contribution in [2.75, 3.05) is 0 Å². The summed E-state index contributed by atoms with van der Waals surface area (Å²) in [5.74, 6) is 1.46. The number of halogens is 2. The highest BCUT2D eigenvalue weighted by atomic mass is 35.5. The third-order valence-electron chi connectivity index (χ3n) is 3.75. The van der Waals surface area contributed by atoms with Gasteiger partial charge in [-0.2, -0.15) is 4.98 Å². The zero-order chi connectivity index (χ0) is 14.3. The molecule has 106 valence electrons. The highest BCUT2D eigenvalue weighted by Gasteiger charge is 2.43. The molecule has 20 heavy (non-hydrogen) atoms. The largest absolute Gasteiger partial charge is 0.337 e. The summed E-state index contributed by atoms with van der Waals surface area (Å²) >= 11 is 12.3. The molecule has 1 fully saturated rings. The Morgan fingerprint density at radius 3 is 2.60 bits per heavy atom. The van der Waals surface area contributed by atoms with E-state index in [0.29, 0.717) is 34.1 Å². The molecular formula is C14H15Cl2N3O. The van der Waals surface area contributed by atoms with Crippen molar-refractivity contribution in [1.82, 2.24) is 10.1 Å². The van der Waals surface area contributed by atoms with Crippen molar-refractivity contribution < 1.29 is 4.52 Å². The summed E-state index contributed by atoms with van der Waals surface area (Å²) in [6.07, 6.45) is 2.66. The molecule has 1 aromatic carbocycles. The van der Waals surface area contributed by atoms with Crippen molar-refractivity contribution in [3.63, 3.8) is 0 Å². The van der Waals surface area contributed by atoms with Gasteiger partial charge in [-0.25, -0.2) is 0 Å². The highest BCUT2D eigenvalue weighted by Crippen LogP contribution is 2.43. The van der Waals surface area contributed by atoms with E-state index in [9.17, 15) is 0 Å². The molecule has 1 aromatic heterocycles. The van der Waals surface area contributed by atoms with Crippen LogP contribution in [0.4, 0.5) is 0 Å². The van der Waals surface area contributed by atoms with Gasteiger partial charge < -0.3 is 10.3 Å².